The molecule has 1 heterocycles. The minimum absolute atomic E-state index is 0.0375. The van der Waals surface area contributed by atoms with Gasteiger partial charge in [-0.1, -0.05) is 48.6 Å². The van der Waals surface area contributed by atoms with Gasteiger partial charge in [-0.05, 0) is 12.0 Å². The third-order valence-corrected chi connectivity index (χ3v) is 3.87. The smallest absolute Gasteiger partial charge is 0.151 e. The Labute approximate surface area is 111 Å². The van der Waals surface area contributed by atoms with E-state index in [-0.39, 0.29) is 12.1 Å². The highest BCUT2D eigenvalue weighted by atomic mass is 32.1. The summed E-state index contributed by atoms with van der Waals surface area (Å²) < 4.78 is 5.52. The predicted octanol–water partition coefficient (Wildman–Crippen LogP) is 2.68. The van der Waals surface area contributed by atoms with E-state index in [0.29, 0.717) is 0 Å². The van der Waals surface area contributed by atoms with Crippen LogP contribution in [0.5, 0.6) is 0 Å². The van der Waals surface area contributed by atoms with Gasteiger partial charge in [0, 0.05) is 7.11 Å². The fraction of sp³-hybridized carbons (Fsp3) is 0.385. The maximum Gasteiger partial charge on any atom is 0.151 e. The molecule has 18 heavy (non-hydrogen) atoms. The Kier molecular flexibility index (Phi) is 4.41. The molecule has 4 nitrogen and oxygen atoms in total. The van der Waals surface area contributed by atoms with Gasteiger partial charge in [-0.25, -0.2) is 0 Å². The van der Waals surface area contributed by atoms with E-state index in [2.05, 4.69) is 10.2 Å². The maximum absolute atomic E-state index is 5.95. The number of hydrogen-bond donors (Lipinski definition) is 1. The predicted molar refractivity (Wildman–Crippen MR) is 72.4 cm³/mol. The molecule has 0 bridgehead atoms. The first kappa shape index (κ1) is 13.1. The van der Waals surface area contributed by atoms with Crippen LogP contribution in [0.2, 0.25) is 0 Å². The van der Waals surface area contributed by atoms with Gasteiger partial charge < -0.3 is 10.5 Å². The van der Waals surface area contributed by atoms with Crippen molar-refractivity contribution >= 4 is 11.3 Å². The highest BCUT2D eigenvalue weighted by Crippen LogP contribution is 2.29. The zero-order valence-electron chi connectivity index (χ0n) is 10.5. The number of nitrogens with two attached hydrogens (primary N) is 1. The Morgan fingerprint density at radius 3 is 2.50 bits per heavy atom. The molecule has 2 rings (SSSR count). The van der Waals surface area contributed by atoms with Crippen LogP contribution in [0.15, 0.2) is 30.3 Å². The lowest BCUT2D eigenvalue weighted by Crippen LogP contribution is -2.07. The van der Waals surface area contributed by atoms with Gasteiger partial charge in [0.15, 0.2) is 5.01 Å². The van der Waals surface area contributed by atoms with E-state index >= 15 is 0 Å². The molecule has 0 radical (unpaired) electrons. The average Bonchev–Trinajstić information content (AvgIpc) is 2.89. The number of ether oxygens (including phenoxy) is 1. The normalized spacial score (nSPS) is 14.4. The van der Waals surface area contributed by atoms with E-state index in [1.165, 1.54) is 11.3 Å². The molecule has 1 aromatic carbocycles. The largest absolute Gasteiger partial charge is 0.369 e. The molecule has 1 aromatic heterocycles. The number of aromatic nitrogens is 2. The van der Waals surface area contributed by atoms with Gasteiger partial charge in [0.25, 0.3) is 0 Å². The second kappa shape index (κ2) is 6.04. The average molecular weight is 263 g/mol. The summed E-state index contributed by atoms with van der Waals surface area (Å²) in [7, 11) is 1.68. The monoisotopic (exact) mass is 263 g/mol. The molecule has 2 unspecified atom stereocenters. The molecule has 0 aliphatic carbocycles. The fourth-order valence-corrected chi connectivity index (χ4v) is 2.72. The van der Waals surface area contributed by atoms with Crippen LogP contribution in [-0.4, -0.2) is 17.3 Å². The zero-order chi connectivity index (χ0) is 13.0. The van der Waals surface area contributed by atoms with Crippen molar-refractivity contribution in [2.24, 2.45) is 5.73 Å². The van der Waals surface area contributed by atoms with Gasteiger partial charge in [-0.3, -0.25) is 0 Å². The van der Waals surface area contributed by atoms with Crippen LogP contribution in [0.25, 0.3) is 0 Å². The van der Waals surface area contributed by atoms with Crippen molar-refractivity contribution in [1.29, 1.82) is 0 Å². The van der Waals surface area contributed by atoms with Gasteiger partial charge in [-0.15, -0.1) is 10.2 Å². The van der Waals surface area contributed by atoms with Crippen molar-refractivity contribution in [3.63, 3.8) is 0 Å². The minimum atomic E-state index is -0.165. The van der Waals surface area contributed by atoms with E-state index in [0.717, 1.165) is 22.0 Å². The molecule has 0 saturated carbocycles. The lowest BCUT2D eigenvalue weighted by Gasteiger charge is -2.11. The van der Waals surface area contributed by atoms with Crippen LogP contribution < -0.4 is 5.73 Å². The summed E-state index contributed by atoms with van der Waals surface area (Å²) in [6.45, 7) is 2.04. The Morgan fingerprint density at radius 2 is 1.89 bits per heavy atom. The van der Waals surface area contributed by atoms with E-state index in [1.54, 1.807) is 7.11 Å². The van der Waals surface area contributed by atoms with Crippen LogP contribution >= 0.6 is 11.3 Å². The molecule has 0 saturated heterocycles. The molecule has 2 aromatic rings. The Hall–Kier alpha value is -1.30. The molecule has 0 aliphatic heterocycles. The summed E-state index contributed by atoms with van der Waals surface area (Å²) in [4.78, 5) is 0. The number of benzene rings is 1. The molecule has 2 N–H and O–H groups in total. The van der Waals surface area contributed by atoms with Gasteiger partial charge in [0.2, 0.25) is 0 Å². The third kappa shape index (κ3) is 2.75. The van der Waals surface area contributed by atoms with Gasteiger partial charge >= 0.3 is 0 Å². The van der Waals surface area contributed by atoms with Gasteiger partial charge in [0.05, 0.1) is 6.04 Å². The lowest BCUT2D eigenvalue weighted by atomic mass is 10.1. The molecular weight excluding hydrogens is 246 g/mol. The molecule has 0 aliphatic rings. The Morgan fingerprint density at radius 1 is 1.22 bits per heavy atom. The molecule has 5 heteroatoms. The van der Waals surface area contributed by atoms with Crippen LogP contribution in [-0.2, 0) is 4.74 Å². The van der Waals surface area contributed by atoms with Crippen molar-refractivity contribution < 1.29 is 4.74 Å². The number of rotatable bonds is 5. The molecule has 0 fully saturated rings. The van der Waals surface area contributed by atoms with E-state index < -0.39 is 0 Å². The molecule has 2 atom stereocenters. The summed E-state index contributed by atoms with van der Waals surface area (Å²) in [5.74, 6) is 0. The highest BCUT2D eigenvalue weighted by molar-refractivity contribution is 7.11. The van der Waals surface area contributed by atoms with E-state index in [9.17, 15) is 0 Å². The van der Waals surface area contributed by atoms with Crippen molar-refractivity contribution in [2.45, 2.75) is 25.5 Å². The number of methoxy groups -OCH3 is 1. The number of hydrogen-bond acceptors (Lipinski definition) is 5. The topological polar surface area (TPSA) is 61.0 Å². The number of nitrogens with zero attached hydrogens (tertiary/aromatic N) is 2. The molecule has 96 valence electrons. The van der Waals surface area contributed by atoms with Crippen LogP contribution in [0.1, 0.15) is 41.1 Å². The van der Waals surface area contributed by atoms with Crippen molar-refractivity contribution in [3.05, 3.63) is 45.9 Å². The zero-order valence-corrected chi connectivity index (χ0v) is 11.4. The quantitative estimate of drug-likeness (QED) is 0.901. The summed E-state index contributed by atoms with van der Waals surface area (Å²) >= 11 is 1.52. The summed E-state index contributed by atoms with van der Waals surface area (Å²) in [5.41, 5.74) is 7.03. The first-order chi connectivity index (χ1) is 8.76. The second-order valence-corrected chi connectivity index (χ2v) is 5.06. The SMILES string of the molecule is CCC(N)c1nnc(C(OC)c2ccccc2)s1. The second-order valence-electron chi connectivity index (χ2n) is 4.02. The standard InChI is InChI=1S/C13H17N3OS/c1-3-10(14)12-15-16-13(18-12)11(17-2)9-7-5-4-6-8-9/h4-8,10-11H,3,14H2,1-2H3. The van der Waals surface area contributed by atoms with Crippen molar-refractivity contribution in [1.82, 2.24) is 10.2 Å². The van der Waals surface area contributed by atoms with Crippen molar-refractivity contribution in [3.8, 4) is 0 Å². The van der Waals surface area contributed by atoms with Crippen LogP contribution in [0.4, 0.5) is 0 Å². The molecule has 0 amide bonds. The fourth-order valence-electron chi connectivity index (χ4n) is 1.68. The third-order valence-electron chi connectivity index (χ3n) is 2.78. The summed E-state index contributed by atoms with van der Waals surface area (Å²) in [6, 6.07) is 9.96. The van der Waals surface area contributed by atoms with Gasteiger partial charge in [0.1, 0.15) is 11.1 Å². The molecular formula is C13H17N3OS. The van der Waals surface area contributed by atoms with E-state index in [4.69, 9.17) is 10.5 Å². The van der Waals surface area contributed by atoms with Crippen LogP contribution in [0, 0.1) is 0 Å². The van der Waals surface area contributed by atoms with Crippen molar-refractivity contribution in [2.75, 3.05) is 7.11 Å². The lowest BCUT2D eigenvalue weighted by molar-refractivity contribution is 0.135. The maximum atomic E-state index is 5.95. The van der Waals surface area contributed by atoms with Crippen LogP contribution in [0.3, 0.4) is 0 Å². The summed E-state index contributed by atoms with van der Waals surface area (Å²) in [5, 5.41) is 10.1. The highest BCUT2D eigenvalue weighted by Gasteiger charge is 2.19. The van der Waals surface area contributed by atoms with E-state index in [1.807, 2.05) is 37.3 Å². The minimum Gasteiger partial charge on any atom is -0.369 e. The first-order valence-electron chi connectivity index (χ1n) is 5.92. The summed E-state index contributed by atoms with van der Waals surface area (Å²) in [6.07, 6.45) is 0.693. The first-order valence-corrected chi connectivity index (χ1v) is 6.74. The molecule has 0 spiro atoms. The Bertz CT molecular complexity index is 486. The Balaban J connectivity index is 2.26. The van der Waals surface area contributed by atoms with Gasteiger partial charge in [-0.2, -0.15) is 0 Å².